The summed E-state index contributed by atoms with van der Waals surface area (Å²) < 4.78 is 10.4. The fraction of sp³-hybridized carbons (Fsp3) is 0.400. The Balaban J connectivity index is 2.55. The minimum atomic E-state index is -0.939. The summed E-state index contributed by atoms with van der Waals surface area (Å²) in [5.74, 6) is -0.660. The molecule has 0 unspecified atom stereocenters. The number of nitrogens with two attached hydrogens (primary N) is 1. The van der Waals surface area contributed by atoms with Crippen LogP contribution in [0.1, 0.15) is 37.0 Å². The van der Waals surface area contributed by atoms with Crippen molar-refractivity contribution in [2.45, 2.75) is 32.8 Å². The summed E-state index contributed by atoms with van der Waals surface area (Å²) in [4.78, 5) is 33.8. The van der Waals surface area contributed by atoms with Crippen LogP contribution in [0.25, 0.3) is 0 Å². The Labute approximate surface area is 128 Å². The molecule has 120 valence electrons. The van der Waals surface area contributed by atoms with E-state index in [1.165, 1.54) is 6.92 Å². The number of benzene rings is 1. The number of carbonyl (C=O) groups excluding carboxylic acids is 3. The average molecular weight is 308 g/mol. The molecule has 0 saturated heterocycles. The number of nitrogens with one attached hydrogen (secondary N) is 1. The molecule has 1 aromatic rings. The molecule has 3 amide bonds. The molecule has 1 rings (SSSR count). The number of amides is 3. The normalized spacial score (nSPS) is 11.4. The summed E-state index contributed by atoms with van der Waals surface area (Å²) in [6.07, 6.45) is 0.875. The van der Waals surface area contributed by atoms with Gasteiger partial charge in [0.05, 0.1) is 12.2 Å². The van der Waals surface area contributed by atoms with E-state index >= 15 is 0 Å². The van der Waals surface area contributed by atoms with Crippen molar-refractivity contribution in [2.24, 2.45) is 5.73 Å². The van der Waals surface area contributed by atoms with Gasteiger partial charge in [0.2, 0.25) is 0 Å². The smallest absolute Gasteiger partial charge is 0.338 e. The fourth-order valence-electron chi connectivity index (χ4n) is 1.54. The van der Waals surface area contributed by atoms with Crippen LogP contribution in [0.5, 0.6) is 5.75 Å². The molecule has 7 nitrogen and oxygen atoms in total. The van der Waals surface area contributed by atoms with Gasteiger partial charge in [0.1, 0.15) is 5.75 Å². The summed E-state index contributed by atoms with van der Waals surface area (Å²) >= 11 is 0. The number of esters is 1. The molecule has 1 aromatic carbocycles. The number of ether oxygens (including phenoxy) is 2. The van der Waals surface area contributed by atoms with Crippen LogP contribution < -0.4 is 15.8 Å². The first-order chi connectivity index (χ1) is 10.4. The Morgan fingerprint density at radius 1 is 1.23 bits per heavy atom. The lowest BCUT2D eigenvalue weighted by Gasteiger charge is -2.13. The monoisotopic (exact) mass is 308 g/mol. The second-order valence-electron chi connectivity index (χ2n) is 4.63. The third-order valence-electron chi connectivity index (χ3n) is 2.75. The van der Waals surface area contributed by atoms with Gasteiger partial charge in [-0.25, -0.2) is 9.59 Å². The van der Waals surface area contributed by atoms with E-state index in [0.29, 0.717) is 17.9 Å². The topological polar surface area (TPSA) is 108 Å². The molecule has 0 fully saturated rings. The van der Waals surface area contributed by atoms with Gasteiger partial charge in [-0.15, -0.1) is 0 Å². The van der Waals surface area contributed by atoms with Gasteiger partial charge in [-0.05, 0) is 37.6 Å². The van der Waals surface area contributed by atoms with Crippen LogP contribution in [-0.4, -0.2) is 30.6 Å². The number of carbonyl (C=O) groups is 3. The maximum Gasteiger partial charge on any atom is 0.338 e. The number of primary amides is 1. The second-order valence-corrected chi connectivity index (χ2v) is 4.63. The number of rotatable bonds is 7. The Bertz CT molecular complexity index is 527. The highest BCUT2D eigenvalue weighted by Gasteiger charge is 2.16. The predicted molar refractivity (Wildman–Crippen MR) is 79.4 cm³/mol. The van der Waals surface area contributed by atoms with E-state index in [1.807, 2.05) is 12.2 Å². The quantitative estimate of drug-likeness (QED) is 0.587. The molecular formula is C15H20N2O5. The van der Waals surface area contributed by atoms with E-state index in [1.54, 1.807) is 24.3 Å². The molecule has 0 aliphatic heterocycles. The Morgan fingerprint density at radius 3 is 2.41 bits per heavy atom. The Morgan fingerprint density at radius 2 is 1.86 bits per heavy atom. The Hall–Kier alpha value is -2.57. The van der Waals surface area contributed by atoms with E-state index in [0.717, 1.165) is 12.8 Å². The summed E-state index contributed by atoms with van der Waals surface area (Å²) in [5.41, 5.74) is 5.25. The predicted octanol–water partition coefficient (Wildman–Crippen LogP) is 1.61. The molecule has 3 N–H and O–H groups in total. The fourth-order valence-corrected chi connectivity index (χ4v) is 1.54. The molecule has 0 saturated carbocycles. The standard InChI is InChI=1S/C15H20N2O5/c1-3-4-9-21-14(19)11-5-7-12(8-6-11)22-10(2)13(18)17-15(16)20/h5-8,10H,3-4,9H2,1-2H3,(H3,16,17,18,20)/t10-/m0/s1. The molecule has 0 spiro atoms. The third-order valence-corrected chi connectivity index (χ3v) is 2.75. The highest BCUT2D eigenvalue weighted by atomic mass is 16.5. The number of hydrogen-bond acceptors (Lipinski definition) is 5. The molecular weight excluding hydrogens is 288 g/mol. The molecule has 7 heteroatoms. The summed E-state index contributed by atoms with van der Waals surface area (Å²) in [7, 11) is 0. The zero-order valence-corrected chi connectivity index (χ0v) is 12.6. The van der Waals surface area contributed by atoms with Gasteiger partial charge in [0.25, 0.3) is 5.91 Å². The maximum absolute atomic E-state index is 11.7. The Kier molecular flexibility index (Phi) is 6.88. The first-order valence-corrected chi connectivity index (χ1v) is 6.98. The van der Waals surface area contributed by atoms with Crippen molar-refractivity contribution in [1.29, 1.82) is 0 Å². The lowest BCUT2D eigenvalue weighted by molar-refractivity contribution is -0.126. The van der Waals surface area contributed by atoms with Gasteiger partial charge in [-0.3, -0.25) is 10.1 Å². The van der Waals surface area contributed by atoms with Crippen LogP contribution in [0.4, 0.5) is 4.79 Å². The molecule has 0 radical (unpaired) electrons. The maximum atomic E-state index is 11.7. The van der Waals surface area contributed by atoms with Crippen LogP contribution >= 0.6 is 0 Å². The van der Waals surface area contributed by atoms with Crippen LogP contribution in [0.3, 0.4) is 0 Å². The molecule has 0 bridgehead atoms. The molecule has 0 aliphatic carbocycles. The zero-order chi connectivity index (χ0) is 16.5. The number of urea groups is 1. The van der Waals surface area contributed by atoms with Crippen molar-refractivity contribution in [2.75, 3.05) is 6.61 Å². The first kappa shape index (κ1) is 17.5. The summed E-state index contributed by atoms with van der Waals surface area (Å²) in [5, 5.41) is 1.92. The SMILES string of the molecule is CCCCOC(=O)c1ccc(O[C@@H](C)C(=O)NC(N)=O)cc1. The second kappa shape index (κ2) is 8.66. The molecule has 0 aliphatic rings. The van der Waals surface area contributed by atoms with Gasteiger partial charge < -0.3 is 15.2 Å². The molecule has 22 heavy (non-hydrogen) atoms. The highest BCUT2D eigenvalue weighted by Crippen LogP contribution is 2.15. The number of unbranched alkanes of at least 4 members (excludes halogenated alkanes) is 1. The summed E-state index contributed by atoms with van der Waals surface area (Å²) in [6, 6.07) is 5.24. The van der Waals surface area contributed by atoms with Crippen molar-refractivity contribution in [3.63, 3.8) is 0 Å². The van der Waals surface area contributed by atoms with Gasteiger partial charge in [0, 0.05) is 0 Å². The third kappa shape index (κ3) is 5.82. The number of hydrogen-bond donors (Lipinski definition) is 2. The highest BCUT2D eigenvalue weighted by molar-refractivity contribution is 5.95. The largest absolute Gasteiger partial charge is 0.481 e. The van der Waals surface area contributed by atoms with Gasteiger partial charge in [0.15, 0.2) is 6.10 Å². The van der Waals surface area contributed by atoms with Gasteiger partial charge >= 0.3 is 12.0 Å². The molecule has 0 heterocycles. The van der Waals surface area contributed by atoms with Crippen molar-refractivity contribution in [3.05, 3.63) is 29.8 Å². The van der Waals surface area contributed by atoms with Crippen LogP contribution in [0.2, 0.25) is 0 Å². The van der Waals surface area contributed by atoms with E-state index < -0.39 is 24.0 Å². The summed E-state index contributed by atoms with van der Waals surface area (Å²) in [6.45, 7) is 3.87. The molecule has 1 atom stereocenters. The lowest BCUT2D eigenvalue weighted by atomic mass is 10.2. The lowest BCUT2D eigenvalue weighted by Crippen LogP contribution is -2.42. The van der Waals surface area contributed by atoms with E-state index in [2.05, 4.69) is 0 Å². The van der Waals surface area contributed by atoms with Crippen molar-refractivity contribution in [1.82, 2.24) is 5.32 Å². The van der Waals surface area contributed by atoms with Crippen molar-refractivity contribution >= 4 is 17.9 Å². The molecule has 0 aromatic heterocycles. The van der Waals surface area contributed by atoms with Gasteiger partial charge in [-0.2, -0.15) is 0 Å². The first-order valence-electron chi connectivity index (χ1n) is 6.98. The average Bonchev–Trinajstić information content (AvgIpc) is 2.47. The number of imide groups is 1. The minimum absolute atomic E-state index is 0.386. The van der Waals surface area contributed by atoms with Crippen LogP contribution in [0.15, 0.2) is 24.3 Å². The van der Waals surface area contributed by atoms with Crippen molar-refractivity contribution in [3.8, 4) is 5.75 Å². The van der Waals surface area contributed by atoms with Crippen LogP contribution in [-0.2, 0) is 9.53 Å². The van der Waals surface area contributed by atoms with E-state index in [-0.39, 0.29) is 0 Å². The zero-order valence-electron chi connectivity index (χ0n) is 12.6. The van der Waals surface area contributed by atoms with Crippen LogP contribution in [0, 0.1) is 0 Å². The van der Waals surface area contributed by atoms with E-state index in [9.17, 15) is 14.4 Å². The van der Waals surface area contributed by atoms with Crippen molar-refractivity contribution < 1.29 is 23.9 Å². The van der Waals surface area contributed by atoms with E-state index in [4.69, 9.17) is 15.2 Å². The minimum Gasteiger partial charge on any atom is -0.481 e. The van der Waals surface area contributed by atoms with Gasteiger partial charge in [-0.1, -0.05) is 13.3 Å².